The van der Waals surface area contributed by atoms with Crippen molar-refractivity contribution >= 4 is 29.1 Å². The summed E-state index contributed by atoms with van der Waals surface area (Å²) < 4.78 is 13.2. The number of anilines is 3. The maximum Gasteiger partial charge on any atom is 0.225 e. The van der Waals surface area contributed by atoms with E-state index in [1.54, 1.807) is 18.3 Å². The topological polar surface area (TPSA) is 62.7 Å². The molecule has 0 spiro atoms. The average Bonchev–Trinajstić information content (AvgIpc) is 3.42. The number of rotatable bonds is 5. The standard InChI is InChI=1S/C18H15ClFN5/c19-13-9-11(20)4-7-14(13)23-17-10-16(15-3-1-2-8-21-15)24-18(25-17)22-12-5-6-12/h1-4,7-10,12H,5-6H2,(H2,22,23,24,25). The van der Waals surface area contributed by atoms with Crippen LogP contribution in [0.15, 0.2) is 48.7 Å². The third-order valence-electron chi connectivity index (χ3n) is 3.76. The van der Waals surface area contributed by atoms with Crippen molar-refractivity contribution in [2.45, 2.75) is 18.9 Å². The quantitative estimate of drug-likeness (QED) is 0.697. The number of halogens is 2. The van der Waals surface area contributed by atoms with Crippen LogP contribution in [-0.2, 0) is 0 Å². The summed E-state index contributed by atoms with van der Waals surface area (Å²) in [5.41, 5.74) is 2.02. The number of hydrogen-bond acceptors (Lipinski definition) is 5. The van der Waals surface area contributed by atoms with Crippen molar-refractivity contribution < 1.29 is 4.39 Å². The molecule has 4 rings (SSSR count). The van der Waals surface area contributed by atoms with Crippen LogP contribution in [0.3, 0.4) is 0 Å². The molecule has 2 N–H and O–H groups in total. The third-order valence-corrected chi connectivity index (χ3v) is 4.07. The first-order valence-electron chi connectivity index (χ1n) is 7.96. The molecule has 0 unspecified atom stereocenters. The largest absolute Gasteiger partial charge is 0.351 e. The maximum atomic E-state index is 13.2. The van der Waals surface area contributed by atoms with Gasteiger partial charge in [0.2, 0.25) is 5.95 Å². The molecule has 1 aliphatic carbocycles. The molecule has 1 aromatic carbocycles. The molecule has 1 saturated carbocycles. The zero-order chi connectivity index (χ0) is 17.2. The number of hydrogen-bond donors (Lipinski definition) is 2. The van der Waals surface area contributed by atoms with Crippen LogP contribution in [0, 0.1) is 5.82 Å². The Morgan fingerprint density at radius 3 is 2.64 bits per heavy atom. The van der Waals surface area contributed by atoms with E-state index in [4.69, 9.17) is 11.6 Å². The molecule has 2 aromatic heterocycles. The SMILES string of the molecule is Fc1ccc(Nc2cc(-c3ccccn3)nc(NC3CC3)n2)c(Cl)c1. The smallest absolute Gasteiger partial charge is 0.225 e. The van der Waals surface area contributed by atoms with E-state index in [-0.39, 0.29) is 10.8 Å². The van der Waals surface area contributed by atoms with Crippen molar-refractivity contribution in [2.75, 3.05) is 10.6 Å². The first-order valence-corrected chi connectivity index (χ1v) is 8.34. The third kappa shape index (κ3) is 3.85. The van der Waals surface area contributed by atoms with Crippen molar-refractivity contribution in [2.24, 2.45) is 0 Å². The van der Waals surface area contributed by atoms with Gasteiger partial charge >= 0.3 is 0 Å². The van der Waals surface area contributed by atoms with Crippen LogP contribution < -0.4 is 10.6 Å². The summed E-state index contributed by atoms with van der Waals surface area (Å²) in [6.45, 7) is 0. The highest BCUT2D eigenvalue weighted by atomic mass is 35.5. The first kappa shape index (κ1) is 15.8. The lowest BCUT2D eigenvalue weighted by Crippen LogP contribution is -2.08. The molecule has 2 heterocycles. The molecular weight excluding hydrogens is 341 g/mol. The average molecular weight is 356 g/mol. The number of benzene rings is 1. The molecule has 3 aromatic rings. The van der Waals surface area contributed by atoms with Gasteiger partial charge in [-0.2, -0.15) is 4.98 Å². The summed E-state index contributed by atoms with van der Waals surface area (Å²) >= 11 is 6.10. The zero-order valence-corrected chi connectivity index (χ0v) is 14.0. The van der Waals surface area contributed by atoms with E-state index in [1.165, 1.54) is 12.1 Å². The Kier molecular flexibility index (Phi) is 4.19. The van der Waals surface area contributed by atoms with Gasteiger partial charge in [0.15, 0.2) is 0 Å². The van der Waals surface area contributed by atoms with Gasteiger partial charge in [0.25, 0.3) is 0 Å². The van der Waals surface area contributed by atoms with Crippen molar-refractivity contribution in [1.82, 2.24) is 15.0 Å². The summed E-state index contributed by atoms with van der Waals surface area (Å²) in [7, 11) is 0. The van der Waals surface area contributed by atoms with Crippen LogP contribution in [-0.4, -0.2) is 21.0 Å². The first-order chi connectivity index (χ1) is 12.2. The zero-order valence-electron chi connectivity index (χ0n) is 13.2. The van der Waals surface area contributed by atoms with Crippen LogP contribution in [0.5, 0.6) is 0 Å². The van der Waals surface area contributed by atoms with E-state index in [2.05, 4.69) is 25.6 Å². The van der Waals surface area contributed by atoms with Crippen LogP contribution >= 0.6 is 11.6 Å². The Morgan fingerprint density at radius 1 is 1.04 bits per heavy atom. The van der Waals surface area contributed by atoms with E-state index >= 15 is 0 Å². The Morgan fingerprint density at radius 2 is 1.92 bits per heavy atom. The summed E-state index contributed by atoms with van der Waals surface area (Å²) in [4.78, 5) is 13.4. The van der Waals surface area contributed by atoms with Gasteiger partial charge < -0.3 is 10.6 Å². The fourth-order valence-corrected chi connectivity index (χ4v) is 2.57. The highest BCUT2D eigenvalue weighted by molar-refractivity contribution is 6.33. The normalized spacial score (nSPS) is 13.5. The fourth-order valence-electron chi connectivity index (χ4n) is 2.36. The van der Waals surface area contributed by atoms with Crippen LogP contribution in [0.4, 0.5) is 21.8 Å². The van der Waals surface area contributed by atoms with Gasteiger partial charge in [-0.25, -0.2) is 9.37 Å². The minimum Gasteiger partial charge on any atom is -0.351 e. The van der Waals surface area contributed by atoms with Gasteiger partial charge in [0.05, 0.1) is 22.1 Å². The molecule has 5 nitrogen and oxygen atoms in total. The molecule has 1 fully saturated rings. The van der Waals surface area contributed by atoms with Crippen molar-refractivity contribution in [3.8, 4) is 11.4 Å². The second kappa shape index (κ2) is 6.64. The summed E-state index contributed by atoms with van der Waals surface area (Å²) in [6, 6.07) is 12.0. The van der Waals surface area contributed by atoms with E-state index in [9.17, 15) is 4.39 Å². The Balaban J connectivity index is 1.70. The van der Waals surface area contributed by atoms with Crippen LogP contribution in [0.2, 0.25) is 5.02 Å². The van der Waals surface area contributed by atoms with E-state index in [0.717, 1.165) is 18.5 Å². The van der Waals surface area contributed by atoms with Crippen LogP contribution in [0.25, 0.3) is 11.4 Å². The van der Waals surface area contributed by atoms with Gasteiger partial charge in [-0.05, 0) is 43.2 Å². The van der Waals surface area contributed by atoms with E-state index in [0.29, 0.717) is 29.2 Å². The number of aromatic nitrogens is 3. The van der Waals surface area contributed by atoms with Gasteiger partial charge in [0, 0.05) is 18.3 Å². The molecule has 0 aliphatic heterocycles. The predicted molar refractivity (Wildman–Crippen MR) is 96.6 cm³/mol. The van der Waals surface area contributed by atoms with E-state index in [1.807, 2.05) is 18.2 Å². The molecule has 0 radical (unpaired) electrons. The van der Waals surface area contributed by atoms with Crippen molar-refractivity contribution in [1.29, 1.82) is 0 Å². The second-order valence-corrected chi connectivity index (χ2v) is 6.25. The summed E-state index contributed by atoms with van der Waals surface area (Å²) in [6.07, 6.45) is 3.95. The monoisotopic (exact) mass is 355 g/mol. The van der Waals surface area contributed by atoms with E-state index < -0.39 is 0 Å². The molecule has 7 heteroatoms. The van der Waals surface area contributed by atoms with Crippen molar-refractivity contribution in [3.05, 3.63) is 59.5 Å². The minimum absolute atomic E-state index is 0.287. The summed E-state index contributed by atoms with van der Waals surface area (Å²) in [5, 5.41) is 6.71. The van der Waals surface area contributed by atoms with Crippen molar-refractivity contribution in [3.63, 3.8) is 0 Å². The molecule has 25 heavy (non-hydrogen) atoms. The van der Waals surface area contributed by atoms with Gasteiger partial charge in [-0.1, -0.05) is 17.7 Å². The lowest BCUT2D eigenvalue weighted by Gasteiger charge is -2.12. The van der Waals surface area contributed by atoms with Gasteiger partial charge in [-0.15, -0.1) is 0 Å². The van der Waals surface area contributed by atoms with Gasteiger partial charge in [-0.3, -0.25) is 4.98 Å². The van der Waals surface area contributed by atoms with Crippen LogP contribution in [0.1, 0.15) is 12.8 Å². The molecule has 0 saturated heterocycles. The molecule has 0 amide bonds. The molecular formula is C18H15ClFN5. The number of nitrogens with zero attached hydrogens (tertiary/aromatic N) is 3. The predicted octanol–water partition coefficient (Wildman–Crippen LogP) is 4.65. The second-order valence-electron chi connectivity index (χ2n) is 5.84. The molecule has 1 aliphatic rings. The lowest BCUT2D eigenvalue weighted by atomic mass is 10.2. The molecule has 0 atom stereocenters. The highest BCUT2D eigenvalue weighted by Crippen LogP contribution is 2.29. The Bertz CT molecular complexity index is 899. The summed E-state index contributed by atoms with van der Waals surface area (Å²) in [5.74, 6) is 0.710. The number of pyridine rings is 1. The lowest BCUT2D eigenvalue weighted by molar-refractivity contribution is 0.628. The fraction of sp³-hybridized carbons (Fsp3) is 0.167. The molecule has 126 valence electrons. The molecule has 0 bridgehead atoms. The Labute approximate surface area is 149 Å². The van der Waals surface area contributed by atoms with Gasteiger partial charge in [0.1, 0.15) is 11.6 Å². The number of nitrogens with one attached hydrogen (secondary N) is 2. The minimum atomic E-state index is -0.386. The Hall–Kier alpha value is -2.73. The highest BCUT2D eigenvalue weighted by Gasteiger charge is 2.22. The maximum absolute atomic E-state index is 13.2.